The van der Waals surface area contributed by atoms with Crippen molar-refractivity contribution >= 4 is 33.9 Å². The summed E-state index contributed by atoms with van der Waals surface area (Å²) >= 11 is 0. The molecule has 0 spiro atoms. The van der Waals surface area contributed by atoms with Gasteiger partial charge in [-0.1, -0.05) is 35.0 Å². The smallest absolute Gasteiger partial charge is 0.248 e. The second-order valence-corrected chi connectivity index (χ2v) is 10.9. The first-order valence-electron chi connectivity index (χ1n) is 11.6. The molecule has 1 saturated heterocycles. The average molecular weight is 495 g/mol. The first-order chi connectivity index (χ1) is 16.6. The summed E-state index contributed by atoms with van der Waals surface area (Å²) in [5.41, 5.74) is 4.42. The van der Waals surface area contributed by atoms with E-state index in [0.29, 0.717) is 30.9 Å². The van der Waals surface area contributed by atoms with Crippen LogP contribution in [-0.4, -0.2) is 41.9 Å². The molecule has 3 aromatic rings. The maximum Gasteiger partial charge on any atom is 0.248 e. The van der Waals surface area contributed by atoms with Crippen LogP contribution in [0.15, 0.2) is 45.9 Å². The van der Waals surface area contributed by atoms with Gasteiger partial charge in [0.1, 0.15) is 11.5 Å². The minimum atomic E-state index is -3.92. The minimum absolute atomic E-state index is 0.0421. The third kappa shape index (κ3) is 5.52. The summed E-state index contributed by atoms with van der Waals surface area (Å²) in [7, 11) is -3.92. The van der Waals surface area contributed by atoms with Crippen molar-refractivity contribution in [3.8, 4) is 0 Å². The maximum atomic E-state index is 13.6. The molecule has 9 heteroatoms. The lowest BCUT2D eigenvalue weighted by Gasteiger charge is -2.31. The van der Waals surface area contributed by atoms with E-state index in [1.54, 1.807) is 25.3 Å². The first kappa shape index (κ1) is 24.8. The van der Waals surface area contributed by atoms with Crippen LogP contribution in [0.1, 0.15) is 46.5 Å². The maximum absolute atomic E-state index is 13.6. The lowest BCUT2D eigenvalue weighted by atomic mass is 9.99. The largest absolute Gasteiger partial charge is 0.355 e. The van der Waals surface area contributed by atoms with Gasteiger partial charge < -0.3 is 9.84 Å². The van der Waals surface area contributed by atoms with Crippen molar-refractivity contribution in [3.05, 3.63) is 70.2 Å². The number of hydrogen-bond donors (Lipinski definition) is 1. The van der Waals surface area contributed by atoms with Crippen LogP contribution >= 0.6 is 0 Å². The van der Waals surface area contributed by atoms with Gasteiger partial charge in [-0.3, -0.25) is 4.79 Å². The van der Waals surface area contributed by atoms with E-state index in [1.165, 1.54) is 4.31 Å². The molecule has 2 aromatic heterocycles. The van der Waals surface area contributed by atoms with Crippen molar-refractivity contribution in [1.82, 2.24) is 14.4 Å². The Morgan fingerprint density at radius 1 is 1.11 bits per heavy atom. The normalized spacial score (nSPS) is 17.1. The lowest BCUT2D eigenvalue weighted by molar-refractivity contribution is -0.120. The number of aromatic nitrogens is 2. The molecule has 1 aliphatic heterocycles. The van der Waals surface area contributed by atoms with E-state index < -0.39 is 15.9 Å². The molecule has 0 radical (unpaired) electrons. The molecule has 0 bridgehead atoms. The van der Waals surface area contributed by atoms with E-state index in [4.69, 9.17) is 4.52 Å². The number of anilines is 1. The van der Waals surface area contributed by atoms with Crippen molar-refractivity contribution in [1.29, 1.82) is 0 Å². The molecule has 184 valence electrons. The Labute approximate surface area is 206 Å². The van der Waals surface area contributed by atoms with Crippen molar-refractivity contribution < 1.29 is 17.7 Å². The molecule has 1 fully saturated rings. The quantitative estimate of drug-likeness (QED) is 0.540. The van der Waals surface area contributed by atoms with Crippen LogP contribution < -0.4 is 5.32 Å². The molecule has 35 heavy (non-hydrogen) atoms. The number of nitrogens with zero attached hydrogens (tertiary/aromatic N) is 3. The molecule has 1 aliphatic rings. The van der Waals surface area contributed by atoms with Crippen LogP contribution in [0.4, 0.5) is 5.82 Å². The highest BCUT2D eigenvalue weighted by atomic mass is 32.2. The summed E-state index contributed by atoms with van der Waals surface area (Å²) in [6.45, 7) is 7.95. The average Bonchev–Trinajstić information content (AvgIpc) is 3.21. The van der Waals surface area contributed by atoms with Gasteiger partial charge >= 0.3 is 0 Å². The Bertz CT molecular complexity index is 1380. The first-order valence-corrected chi connectivity index (χ1v) is 13.0. The number of sulfonamides is 1. The fraction of sp³-hybridized carbons (Fsp3) is 0.346. The van der Waals surface area contributed by atoms with Crippen LogP contribution in [0.25, 0.3) is 12.2 Å². The predicted octanol–water partition coefficient (Wildman–Crippen LogP) is 4.51. The van der Waals surface area contributed by atoms with Crippen molar-refractivity contribution in [2.24, 2.45) is 5.92 Å². The highest BCUT2D eigenvalue weighted by Gasteiger charge is 2.37. The van der Waals surface area contributed by atoms with Crippen molar-refractivity contribution in [3.63, 3.8) is 0 Å². The number of benzene rings is 1. The third-order valence-corrected chi connectivity index (χ3v) is 8.23. The van der Waals surface area contributed by atoms with Gasteiger partial charge in [0.15, 0.2) is 10.7 Å². The van der Waals surface area contributed by atoms with Gasteiger partial charge in [0.05, 0.1) is 5.92 Å². The number of piperidine rings is 1. The summed E-state index contributed by atoms with van der Waals surface area (Å²) in [5, 5.41) is 6.75. The van der Waals surface area contributed by atoms with Gasteiger partial charge in [0.25, 0.3) is 0 Å². The highest BCUT2D eigenvalue weighted by Crippen LogP contribution is 2.30. The van der Waals surface area contributed by atoms with Crippen molar-refractivity contribution in [2.45, 2.75) is 45.4 Å². The predicted molar refractivity (Wildman–Crippen MR) is 135 cm³/mol. The van der Waals surface area contributed by atoms with E-state index in [0.717, 1.165) is 22.3 Å². The summed E-state index contributed by atoms with van der Waals surface area (Å²) in [5.74, 6) is -0.0716. The van der Waals surface area contributed by atoms with Gasteiger partial charge in [-0.15, -0.1) is 0 Å². The molecule has 8 nitrogen and oxygen atoms in total. The summed E-state index contributed by atoms with van der Waals surface area (Å²) in [6.07, 6.45) is 6.29. The third-order valence-electron chi connectivity index (χ3n) is 6.20. The topological polar surface area (TPSA) is 105 Å². The number of rotatable bonds is 6. The molecule has 0 aliphatic carbocycles. The molecule has 1 atom stereocenters. The highest BCUT2D eigenvalue weighted by molar-refractivity contribution is 7.89. The number of pyridine rings is 1. The van der Waals surface area contributed by atoms with Gasteiger partial charge in [-0.25, -0.2) is 13.4 Å². The summed E-state index contributed by atoms with van der Waals surface area (Å²) in [6, 6.07) is 9.70. The van der Waals surface area contributed by atoms with Crippen LogP contribution in [0.3, 0.4) is 0 Å². The zero-order valence-corrected chi connectivity index (χ0v) is 21.2. The number of aryl methyl sites for hydroxylation is 4. The Balaban J connectivity index is 1.55. The number of nitrogens with one attached hydrogen (secondary N) is 1. The van der Waals surface area contributed by atoms with Crippen LogP contribution in [0.5, 0.6) is 0 Å². The molecule has 0 saturated carbocycles. The van der Waals surface area contributed by atoms with E-state index in [2.05, 4.69) is 15.5 Å². The number of carbonyl (C=O) groups excluding carboxylic acids is 1. The van der Waals surface area contributed by atoms with Gasteiger partial charge in [0.2, 0.25) is 15.9 Å². The fourth-order valence-corrected chi connectivity index (χ4v) is 6.01. The molecule has 1 N–H and O–H groups in total. The lowest BCUT2D eigenvalue weighted by Crippen LogP contribution is -2.44. The molecular weight excluding hydrogens is 464 g/mol. The second-order valence-electron chi connectivity index (χ2n) is 9.06. The molecule has 1 aromatic carbocycles. The molecule has 4 rings (SSSR count). The van der Waals surface area contributed by atoms with E-state index in [9.17, 15) is 13.2 Å². The molecule has 3 heterocycles. The molecular formula is C26H30N4O4S. The number of carbonyl (C=O) groups is 1. The van der Waals surface area contributed by atoms with E-state index in [-0.39, 0.29) is 23.1 Å². The summed E-state index contributed by atoms with van der Waals surface area (Å²) < 4.78 is 34.0. The summed E-state index contributed by atoms with van der Waals surface area (Å²) in [4.78, 5) is 17.1. The van der Waals surface area contributed by atoms with Gasteiger partial charge in [0, 0.05) is 19.3 Å². The standard InChI is InChI=1S/C26H30N4O4S/c1-17-7-8-19(3)21(14-17)9-10-23-25(20(4)29-34-23)35(32,33)30-13-5-6-22(16-30)26(31)28-24-15-18(2)11-12-27-24/h7-12,14-15,22H,5-6,13,16H2,1-4H3,(H,27,28,31)/b10-9+/t22-/m1/s1. The fourth-order valence-electron chi connectivity index (χ4n) is 4.24. The van der Waals surface area contributed by atoms with E-state index >= 15 is 0 Å². The van der Waals surface area contributed by atoms with Crippen molar-refractivity contribution in [2.75, 3.05) is 18.4 Å². The Morgan fingerprint density at radius 2 is 1.89 bits per heavy atom. The van der Waals surface area contributed by atoms with Crippen LogP contribution in [-0.2, 0) is 14.8 Å². The number of amides is 1. The molecule has 0 unspecified atom stereocenters. The monoisotopic (exact) mass is 494 g/mol. The van der Waals surface area contributed by atoms with Crippen LogP contribution in [0.2, 0.25) is 0 Å². The molecule has 1 amide bonds. The Hall–Kier alpha value is -3.30. The SMILES string of the molecule is Cc1ccnc(NC(=O)[C@@H]2CCCN(S(=O)(=O)c3c(C)noc3/C=C/c3cc(C)ccc3C)C2)c1. The Morgan fingerprint density at radius 3 is 2.66 bits per heavy atom. The Kier molecular flexibility index (Phi) is 7.18. The van der Waals surface area contributed by atoms with E-state index in [1.807, 2.05) is 51.1 Å². The minimum Gasteiger partial charge on any atom is -0.355 e. The van der Waals surface area contributed by atoms with Gasteiger partial charge in [-0.2, -0.15) is 4.31 Å². The van der Waals surface area contributed by atoms with Crippen LogP contribution in [0, 0.1) is 33.6 Å². The second kappa shape index (κ2) is 10.1. The zero-order valence-electron chi connectivity index (χ0n) is 20.4. The zero-order chi connectivity index (χ0) is 25.2. The van der Waals surface area contributed by atoms with Gasteiger partial charge in [-0.05, 0) is 75.4 Å². The number of hydrogen-bond acceptors (Lipinski definition) is 6.